The lowest BCUT2D eigenvalue weighted by molar-refractivity contribution is 0.321. The highest BCUT2D eigenvalue weighted by atomic mass is 32.2. The summed E-state index contributed by atoms with van der Waals surface area (Å²) in [6.07, 6.45) is 0.459. The summed E-state index contributed by atoms with van der Waals surface area (Å²) in [5.74, 6) is -0.662. The van der Waals surface area contributed by atoms with Crippen molar-refractivity contribution in [1.82, 2.24) is 14.5 Å². The number of hydrogen-bond acceptors (Lipinski definition) is 4. The van der Waals surface area contributed by atoms with Crippen LogP contribution in [0.15, 0.2) is 29.2 Å². The fraction of sp³-hybridized carbons (Fsp3) is 0.400. The van der Waals surface area contributed by atoms with E-state index in [0.717, 1.165) is 17.5 Å². The lowest BCUT2D eigenvalue weighted by Gasteiger charge is -2.08. The number of sulfonamides is 1. The van der Waals surface area contributed by atoms with E-state index in [4.69, 9.17) is 4.74 Å². The van der Waals surface area contributed by atoms with Crippen LogP contribution in [0.2, 0.25) is 0 Å². The Morgan fingerprint density at radius 2 is 2.09 bits per heavy atom. The van der Waals surface area contributed by atoms with Gasteiger partial charge in [0.05, 0.1) is 17.2 Å². The van der Waals surface area contributed by atoms with Crippen molar-refractivity contribution in [3.05, 3.63) is 41.5 Å². The lowest BCUT2D eigenvalue weighted by atomic mass is 10.3. The first-order chi connectivity index (χ1) is 10.8. The molecular weight excluding hydrogens is 321 g/mol. The third-order valence-electron chi connectivity index (χ3n) is 3.35. The molecule has 8 heteroatoms. The fourth-order valence-corrected chi connectivity index (χ4v) is 3.12. The molecular formula is C15H20FN3O3S. The topological polar surface area (TPSA) is 73.2 Å². The minimum Gasteiger partial charge on any atom is -0.491 e. The van der Waals surface area contributed by atoms with Crippen LogP contribution in [0.5, 0.6) is 5.75 Å². The maximum Gasteiger partial charge on any atom is 0.240 e. The van der Waals surface area contributed by atoms with Crippen molar-refractivity contribution in [3.63, 3.8) is 0 Å². The van der Waals surface area contributed by atoms with Crippen LogP contribution < -0.4 is 9.46 Å². The molecule has 0 aliphatic heterocycles. The molecule has 0 radical (unpaired) electrons. The van der Waals surface area contributed by atoms with E-state index in [-0.39, 0.29) is 17.2 Å². The summed E-state index contributed by atoms with van der Waals surface area (Å²) in [6.45, 7) is 4.15. The van der Waals surface area contributed by atoms with Gasteiger partial charge in [-0.3, -0.25) is 4.68 Å². The predicted octanol–water partition coefficient (Wildman–Crippen LogP) is 1.79. The van der Waals surface area contributed by atoms with Crippen LogP contribution in [-0.4, -0.2) is 31.3 Å². The molecule has 6 nitrogen and oxygen atoms in total. The molecule has 1 aromatic heterocycles. The Morgan fingerprint density at radius 3 is 2.65 bits per heavy atom. The summed E-state index contributed by atoms with van der Waals surface area (Å²) in [5.41, 5.74) is 1.79. The number of nitrogens with one attached hydrogen (secondary N) is 1. The molecule has 0 bridgehead atoms. The van der Waals surface area contributed by atoms with Crippen molar-refractivity contribution >= 4 is 10.0 Å². The van der Waals surface area contributed by atoms with Gasteiger partial charge in [0.2, 0.25) is 10.0 Å². The first-order valence-corrected chi connectivity index (χ1v) is 8.73. The summed E-state index contributed by atoms with van der Waals surface area (Å²) >= 11 is 0. The Kier molecular flexibility index (Phi) is 5.38. The van der Waals surface area contributed by atoms with Crippen LogP contribution in [0.25, 0.3) is 0 Å². The van der Waals surface area contributed by atoms with Gasteiger partial charge in [0.15, 0.2) is 11.6 Å². The molecule has 1 N–H and O–H groups in total. The molecule has 2 aromatic rings. The Bertz CT molecular complexity index is 768. The van der Waals surface area contributed by atoms with E-state index in [2.05, 4.69) is 9.82 Å². The zero-order valence-electron chi connectivity index (χ0n) is 13.3. The summed E-state index contributed by atoms with van der Waals surface area (Å²) < 4.78 is 47.3. The number of aryl methyl sites for hydroxylation is 2. The van der Waals surface area contributed by atoms with Crippen LogP contribution in [0.4, 0.5) is 4.39 Å². The Labute approximate surface area is 135 Å². The lowest BCUT2D eigenvalue weighted by Crippen LogP contribution is -2.26. The minimum atomic E-state index is -3.77. The number of ether oxygens (including phenoxy) is 1. The van der Waals surface area contributed by atoms with Gasteiger partial charge in [-0.25, -0.2) is 17.5 Å². The summed E-state index contributed by atoms with van der Waals surface area (Å²) in [4.78, 5) is -0.129. The molecule has 0 aliphatic carbocycles. The molecule has 126 valence electrons. The Balaban J connectivity index is 2.02. The van der Waals surface area contributed by atoms with Gasteiger partial charge in [-0.05, 0) is 38.1 Å². The number of nitrogens with zero attached hydrogens (tertiary/aromatic N) is 2. The molecule has 0 amide bonds. The number of rotatable bonds is 7. The van der Waals surface area contributed by atoms with Crippen molar-refractivity contribution < 1.29 is 17.5 Å². The number of hydrogen-bond donors (Lipinski definition) is 1. The Morgan fingerprint density at radius 1 is 1.35 bits per heavy atom. The van der Waals surface area contributed by atoms with Gasteiger partial charge in [0, 0.05) is 25.7 Å². The first kappa shape index (κ1) is 17.4. The van der Waals surface area contributed by atoms with Gasteiger partial charge in [-0.1, -0.05) is 0 Å². The zero-order valence-corrected chi connectivity index (χ0v) is 14.2. The van der Waals surface area contributed by atoms with Gasteiger partial charge in [0.1, 0.15) is 0 Å². The van der Waals surface area contributed by atoms with E-state index in [9.17, 15) is 12.8 Å². The van der Waals surface area contributed by atoms with Crippen LogP contribution in [0.3, 0.4) is 0 Å². The maximum absolute atomic E-state index is 13.8. The molecule has 0 saturated heterocycles. The highest BCUT2D eigenvalue weighted by Gasteiger charge is 2.16. The van der Waals surface area contributed by atoms with Crippen LogP contribution in [0.1, 0.15) is 18.3 Å². The molecule has 0 atom stereocenters. The Hall–Kier alpha value is -1.93. The van der Waals surface area contributed by atoms with E-state index in [1.807, 2.05) is 20.0 Å². The van der Waals surface area contributed by atoms with Crippen molar-refractivity contribution in [3.8, 4) is 5.75 Å². The fourth-order valence-electron chi connectivity index (χ4n) is 2.08. The average Bonchev–Trinajstić information content (AvgIpc) is 2.79. The zero-order chi connectivity index (χ0) is 17.0. The SMILES string of the molecule is CCOc1ccc(S(=O)(=O)NCCc2cc(C)n(C)n2)cc1F. The van der Waals surface area contributed by atoms with Crippen LogP contribution in [0, 0.1) is 12.7 Å². The van der Waals surface area contributed by atoms with Crippen molar-refractivity contribution in [2.45, 2.75) is 25.2 Å². The number of halogens is 1. The van der Waals surface area contributed by atoms with E-state index < -0.39 is 15.8 Å². The normalized spacial score (nSPS) is 11.7. The van der Waals surface area contributed by atoms with Crippen LogP contribution in [-0.2, 0) is 23.5 Å². The summed E-state index contributed by atoms with van der Waals surface area (Å²) in [6, 6.07) is 5.49. The van der Waals surface area contributed by atoms with Crippen LogP contribution >= 0.6 is 0 Å². The van der Waals surface area contributed by atoms with E-state index in [1.54, 1.807) is 11.6 Å². The standard InChI is InChI=1S/C15H20FN3O3S/c1-4-22-15-6-5-13(10-14(15)16)23(20,21)17-8-7-12-9-11(2)19(3)18-12/h5-6,9-10,17H,4,7-8H2,1-3H3. The van der Waals surface area contributed by atoms with Gasteiger partial charge in [-0.2, -0.15) is 5.10 Å². The quantitative estimate of drug-likeness (QED) is 0.833. The largest absolute Gasteiger partial charge is 0.491 e. The highest BCUT2D eigenvalue weighted by Crippen LogP contribution is 2.20. The molecule has 1 heterocycles. The monoisotopic (exact) mass is 341 g/mol. The molecule has 0 fully saturated rings. The summed E-state index contributed by atoms with van der Waals surface area (Å²) in [7, 11) is -1.94. The van der Waals surface area contributed by atoms with Crippen molar-refractivity contribution in [2.75, 3.05) is 13.2 Å². The smallest absolute Gasteiger partial charge is 0.240 e. The second-order valence-electron chi connectivity index (χ2n) is 5.07. The first-order valence-electron chi connectivity index (χ1n) is 7.25. The minimum absolute atomic E-state index is 0.0374. The van der Waals surface area contributed by atoms with E-state index in [0.29, 0.717) is 13.0 Å². The third-order valence-corrected chi connectivity index (χ3v) is 4.81. The molecule has 1 aromatic carbocycles. The molecule has 0 saturated carbocycles. The predicted molar refractivity (Wildman–Crippen MR) is 84.4 cm³/mol. The van der Waals surface area contributed by atoms with Gasteiger partial charge in [-0.15, -0.1) is 0 Å². The molecule has 0 aliphatic rings. The number of aromatic nitrogens is 2. The molecule has 0 spiro atoms. The van der Waals surface area contributed by atoms with Gasteiger partial charge >= 0.3 is 0 Å². The maximum atomic E-state index is 13.8. The summed E-state index contributed by atoms with van der Waals surface area (Å²) in [5, 5.41) is 4.25. The second kappa shape index (κ2) is 7.10. The second-order valence-corrected chi connectivity index (χ2v) is 6.84. The molecule has 2 rings (SSSR count). The average molecular weight is 341 g/mol. The van der Waals surface area contributed by atoms with E-state index in [1.165, 1.54) is 12.1 Å². The highest BCUT2D eigenvalue weighted by molar-refractivity contribution is 7.89. The van der Waals surface area contributed by atoms with Gasteiger partial charge < -0.3 is 4.74 Å². The van der Waals surface area contributed by atoms with Crippen molar-refractivity contribution in [2.24, 2.45) is 7.05 Å². The number of benzene rings is 1. The third kappa shape index (κ3) is 4.29. The molecule has 23 heavy (non-hydrogen) atoms. The van der Waals surface area contributed by atoms with E-state index >= 15 is 0 Å². The van der Waals surface area contributed by atoms with Crippen molar-refractivity contribution in [1.29, 1.82) is 0 Å². The van der Waals surface area contributed by atoms with Gasteiger partial charge in [0.25, 0.3) is 0 Å². The molecule has 0 unspecified atom stereocenters.